The fourth-order valence-electron chi connectivity index (χ4n) is 4.47. The van der Waals surface area contributed by atoms with Crippen LogP contribution < -0.4 is 10.5 Å². The number of nitrogens with one attached hydrogen (secondary N) is 1. The van der Waals surface area contributed by atoms with Crippen molar-refractivity contribution in [3.05, 3.63) is 71.8 Å². The van der Waals surface area contributed by atoms with Crippen molar-refractivity contribution in [2.24, 2.45) is 5.73 Å². The molecule has 0 saturated carbocycles. The van der Waals surface area contributed by atoms with Crippen molar-refractivity contribution in [2.75, 3.05) is 34.3 Å². The highest BCUT2D eigenvalue weighted by molar-refractivity contribution is 7.89. The fraction of sp³-hybridized carbons (Fsp3) is 0.310. The summed E-state index contributed by atoms with van der Waals surface area (Å²) in [4.78, 5) is 38.0. The average Bonchev–Trinajstić information content (AvgIpc) is 3.33. The van der Waals surface area contributed by atoms with Gasteiger partial charge in [0.15, 0.2) is 0 Å². The summed E-state index contributed by atoms with van der Waals surface area (Å²) >= 11 is 0. The number of alkyl halides is 3. The average molecular weight is 652 g/mol. The van der Waals surface area contributed by atoms with Crippen LogP contribution in [0.5, 0.6) is 5.75 Å². The molecule has 12 nitrogen and oxygen atoms in total. The number of likely N-dealkylation sites (N-methyl/N-ethyl adjacent to an activating group) is 1. The highest BCUT2D eigenvalue weighted by Gasteiger charge is 2.43. The summed E-state index contributed by atoms with van der Waals surface area (Å²) < 4.78 is 65.9. The molecular weight excluding hydrogens is 619 g/mol. The van der Waals surface area contributed by atoms with Crippen LogP contribution in [0.2, 0.25) is 0 Å². The molecule has 0 aromatic heterocycles. The number of rotatable bonds is 9. The van der Waals surface area contributed by atoms with Crippen molar-refractivity contribution in [1.82, 2.24) is 14.1 Å². The largest absolute Gasteiger partial charge is 0.497 e. The number of nitrogens with two attached hydrogens (primary N) is 1. The van der Waals surface area contributed by atoms with Gasteiger partial charge < -0.3 is 25.4 Å². The maximum absolute atomic E-state index is 13.9. The molecule has 0 bridgehead atoms. The normalized spacial score (nSPS) is 15.0. The van der Waals surface area contributed by atoms with E-state index in [0.717, 1.165) is 15.3 Å². The van der Waals surface area contributed by atoms with Crippen molar-refractivity contribution in [2.45, 2.75) is 30.1 Å². The Morgan fingerprint density at radius 2 is 1.73 bits per heavy atom. The van der Waals surface area contributed by atoms with Gasteiger partial charge in [0.25, 0.3) is 0 Å². The number of carbonyl (C=O) groups excluding carboxylic acids is 2. The Balaban J connectivity index is 0.000000707. The van der Waals surface area contributed by atoms with E-state index in [-0.39, 0.29) is 29.6 Å². The van der Waals surface area contributed by atoms with Crippen LogP contribution in [0, 0.1) is 5.41 Å². The number of carbonyl (C=O) groups is 3. The van der Waals surface area contributed by atoms with Crippen molar-refractivity contribution >= 4 is 44.4 Å². The molecule has 4 N–H and O–H groups in total. The highest BCUT2D eigenvalue weighted by Crippen LogP contribution is 2.29. The first-order valence-corrected chi connectivity index (χ1v) is 14.7. The number of carboxylic acid groups (broad SMARTS) is 1. The Hall–Kier alpha value is -4.70. The lowest BCUT2D eigenvalue weighted by molar-refractivity contribution is -0.192. The van der Waals surface area contributed by atoms with Crippen LogP contribution in [0.15, 0.2) is 65.6 Å². The zero-order valence-electron chi connectivity index (χ0n) is 24.5. The quantitative estimate of drug-likeness (QED) is 0.234. The molecule has 1 heterocycles. The molecule has 16 heteroatoms. The third-order valence-corrected chi connectivity index (χ3v) is 8.74. The van der Waals surface area contributed by atoms with Crippen LogP contribution in [-0.2, 0) is 31.0 Å². The van der Waals surface area contributed by atoms with E-state index in [2.05, 4.69) is 0 Å². The molecule has 0 unspecified atom stereocenters. The maximum atomic E-state index is 13.9. The minimum absolute atomic E-state index is 0.00906. The monoisotopic (exact) mass is 651 g/mol. The summed E-state index contributed by atoms with van der Waals surface area (Å²) in [6.07, 6.45) is -4.84. The van der Waals surface area contributed by atoms with Crippen LogP contribution in [0.1, 0.15) is 17.5 Å². The van der Waals surface area contributed by atoms with E-state index in [1.807, 2.05) is 12.1 Å². The van der Waals surface area contributed by atoms with E-state index in [4.69, 9.17) is 25.8 Å². The van der Waals surface area contributed by atoms with Crippen LogP contribution >= 0.6 is 0 Å². The number of methoxy groups -OCH3 is 1. The summed E-state index contributed by atoms with van der Waals surface area (Å²) in [6, 6.07) is 16.1. The number of amides is 2. The van der Waals surface area contributed by atoms with Crippen molar-refractivity contribution in [3.63, 3.8) is 0 Å². The second kappa shape index (κ2) is 13.9. The molecule has 1 atom stereocenters. The summed E-state index contributed by atoms with van der Waals surface area (Å²) in [5.74, 6) is -3.06. The van der Waals surface area contributed by atoms with Gasteiger partial charge in [0.05, 0.1) is 18.6 Å². The third kappa shape index (κ3) is 8.48. The SMILES string of the molecule is COc1ccc2ccc(S(=O)(=O)N(CC(=O)N(C)C)[C@H]3CCN(Cc4cccc(C(=N)N)c4)C3=O)cc2c1.O=C(O)C(F)(F)F. The van der Waals surface area contributed by atoms with Gasteiger partial charge in [0, 0.05) is 32.7 Å². The maximum Gasteiger partial charge on any atom is 0.490 e. The van der Waals surface area contributed by atoms with Crippen LogP contribution in [0.4, 0.5) is 13.2 Å². The van der Waals surface area contributed by atoms with Gasteiger partial charge in [-0.1, -0.05) is 30.3 Å². The van der Waals surface area contributed by atoms with E-state index >= 15 is 0 Å². The molecule has 242 valence electrons. The summed E-state index contributed by atoms with van der Waals surface area (Å²) in [6.45, 7) is 0.0994. The molecule has 0 spiro atoms. The van der Waals surface area contributed by atoms with Gasteiger partial charge in [-0.15, -0.1) is 0 Å². The zero-order valence-corrected chi connectivity index (χ0v) is 25.4. The van der Waals surface area contributed by atoms with Gasteiger partial charge in [-0.3, -0.25) is 15.0 Å². The van der Waals surface area contributed by atoms with E-state index in [1.165, 1.54) is 24.1 Å². The number of benzene rings is 3. The lowest BCUT2D eigenvalue weighted by atomic mass is 10.1. The minimum atomic E-state index is -5.08. The van der Waals surface area contributed by atoms with Crippen LogP contribution in [-0.4, -0.2) is 97.8 Å². The second-order valence-corrected chi connectivity index (χ2v) is 12.1. The van der Waals surface area contributed by atoms with Gasteiger partial charge in [-0.05, 0) is 53.1 Å². The van der Waals surface area contributed by atoms with Crippen LogP contribution in [0.25, 0.3) is 10.8 Å². The highest BCUT2D eigenvalue weighted by atomic mass is 32.2. The Labute approximate surface area is 257 Å². The molecular formula is C29H32F3N5O7S. The number of halogens is 3. The first kappa shape index (κ1) is 34.8. The first-order valence-electron chi connectivity index (χ1n) is 13.3. The van der Waals surface area contributed by atoms with Gasteiger partial charge >= 0.3 is 12.1 Å². The van der Waals surface area contributed by atoms with E-state index in [1.54, 1.807) is 55.4 Å². The predicted octanol–water partition coefficient (Wildman–Crippen LogP) is 2.65. The van der Waals surface area contributed by atoms with Gasteiger partial charge in [-0.25, -0.2) is 13.2 Å². The summed E-state index contributed by atoms with van der Waals surface area (Å²) in [5.41, 5.74) is 6.90. The van der Waals surface area contributed by atoms with Gasteiger partial charge in [0.1, 0.15) is 17.6 Å². The molecule has 3 aromatic rings. The van der Waals surface area contributed by atoms with E-state index in [0.29, 0.717) is 23.2 Å². The predicted molar refractivity (Wildman–Crippen MR) is 158 cm³/mol. The molecule has 3 aromatic carbocycles. The molecule has 45 heavy (non-hydrogen) atoms. The Bertz CT molecular complexity index is 1710. The fourth-order valence-corrected chi connectivity index (χ4v) is 6.07. The summed E-state index contributed by atoms with van der Waals surface area (Å²) in [7, 11) is 0.397. The number of likely N-dealkylation sites (tertiary alicyclic amines) is 1. The molecule has 4 rings (SSSR count). The topological polar surface area (TPSA) is 174 Å². The minimum Gasteiger partial charge on any atom is -0.497 e. The molecule has 1 saturated heterocycles. The number of aliphatic carboxylic acids is 1. The number of ether oxygens (including phenoxy) is 1. The Morgan fingerprint density at radius 1 is 1.09 bits per heavy atom. The Kier molecular flexibility index (Phi) is 10.8. The lowest BCUT2D eigenvalue weighted by Gasteiger charge is -2.28. The number of hydrogen-bond donors (Lipinski definition) is 3. The zero-order chi connectivity index (χ0) is 33.7. The van der Waals surface area contributed by atoms with Crippen molar-refractivity contribution in [1.29, 1.82) is 5.41 Å². The van der Waals surface area contributed by atoms with Crippen molar-refractivity contribution in [3.8, 4) is 5.75 Å². The number of nitrogens with zero attached hydrogens (tertiary/aromatic N) is 3. The van der Waals surface area contributed by atoms with E-state index in [9.17, 15) is 31.2 Å². The second-order valence-electron chi connectivity index (χ2n) is 10.2. The molecule has 1 aliphatic rings. The molecule has 0 radical (unpaired) electrons. The number of nitrogen functional groups attached to an aromatic ring is 1. The smallest absolute Gasteiger partial charge is 0.490 e. The summed E-state index contributed by atoms with van der Waals surface area (Å²) in [5, 5.41) is 16.3. The molecule has 1 aliphatic heterocycles. The number of amidine groups is 1. The number of hydrogen-bond acceptors (Lipinski definition) is 7. The molecule has 1 fully saturated rings. The number of sulfonamides is 1. The number of fused-ring (bicyclic) bond motifs is 1. The Morgan fingerprint density at radius 3 is 2.31 bits per heavy atom. The van der Waals surface area contributed by atoms with Crippen LogP contribution in [0.3, 0.4) is 0 Å². The lowest BCUT2D eigenvalue weighted by Crippen LogP contribution is -2.49. The van der Waals surface area contributed by atoms with Crippen molar-refractivity contribution < 1.29 is 45.8 Å². The standard InChI is InChI=1S/C27H31N5O5S.C2HF3O2/c1-30(2)25(33)17-32(38(35,36)23-10-8-19-7-9-22(37-3)14-21(19)15-23)24-11-12-31(27(24)34)16-18-5-4-6-20(13-18)26(28)29;3-2(4,5)1(6)7/h4-10,13-15,24H,11-12,16-17H2,1-3H3,(H3,28,29);(H,6,7)/t24-;/m0./s1. The first-order chi connectivity index (χ1) is 20.9. The number of carboxylic acids is 1. The van der Waals surface area contributed by atoms with E-state index < -0.39 is 40.7 Å². The van der Waals surface area contributed by atoms with Gasteiger partial charge in [-0.2, -0.15) is 17.5 Å². The third-order valence-electron chi connectivity index (χ3n) is 6.89. The molecule has 2 amide bonds. The van der Waals surface area contributed by atoms with Gasteiger partial charge in [0.2, 0.25) is 21.8 Å². The molecule has 0 aliphatic carbocycles.